The molecule has 0 radical (unpaired) electrons. The molecule has 0 bridgehead atoms. The van der Waals surface area contributed by atoms with Crippen LogP contribution >= 0.6 is 11.8 Å². The van der Waals surface area contributed by atoms with Gasteiger partial charge in [-0.05, 0) is 42.0 Å². The van der Waals surface area contributed by atoms with Crippen molar-refractivity contribution in [3.8, 4) is 5.75 Å². The number of rotatable bonds is 6. The molecular formula is C16H16O5S2. The number of hydrogen-bond donors (Lipinski definition) is 1. The van der Waals surface area contributed by atoms with Crippen molar-refractivity contribution in [2.75, 3.05) is 13.4 Å². The highest BCUT2D eigenvalue weighted by atomic mass is 32.2. The fourth-order valence-electron chi connectivity index (χ4n) is 1.95. The predicted octanol–water partition coefficient (Wildman–Crippen LogP) is 2.88. The Hall–Kier alpha value is -1.99. The van der Waals surface area contributed by atoms with Crippen molar-refractivity contribution in [3.63, 3.8) is 0 Å². The van der Waals surface area contributed by atoms with Gasteiger partial charge in [-0.25, -0.2) is 8.42 Å². The molecular weight excluding hydrogens is 336 g/mol. The van der Waals surface area contributed by atoms with Crippen molar-refractivity contribution in [2.24, 2.45) is 0 Å². The molecule has 0 saturated heterocycles. The fourth-order valence-corrected chi connectivity index (χ4v) is 3.55. The molecule has 0 fully saturated rings. The van der Waals surface area contributed by atoms with Gasteiger partial charge in [0, 0.05) is 16.0 Å². The fraction of sp³-hybridized carbons (Fsp3) is 0.188. The summed E-state index contributed by atoms with van der Waals surface area (Å²) in [6, 6.07) is 11.7. The van der Waals surface area contributed by atoms with Crippen molar-refractivity contribution >= 4 is 27.6 Å². The lowest BCUT2D eigenvalue weighted by Crippen LogP contribution is -2.01. The van der Waals surface area contributed by atoms with E-state index < -0.39 is 15.8 Å². The maximum absolute atomic E-state index is 11.5. The molecule has 0 heterocycles. The van der Waals surface area contributed by atoms with Crippen LogP contribution in [0, 0.1) is 0 Å². The highest BCUT2D eigenvalue weighted by Gasteiger charge is 2.11. The monoisotopic (exact) mass is 352 g/mol. The van der Waals surface area contributed by atoms with Gasteiger partial charge in [-0.3, -0.25) is 4.79 Å². The minimum atomic E-state index is -3.23. The van der Waals surface area contributed by atoms with Crippen LogP contribution < -0.4 is 4.74 Å². The van der Waals surface area contributed by atoms with Gasteiger partial charge in [-0.1, -0.05) is 17.8 Å². The quantitative estimate of drug-likeness (QED) is 0.861. The van der Waals surface area contributed by atoms with E-state index in [0.717, 1.165) is 16.0 Å². The van der Waals surface area contributed by atoms with Crippen molar-refractivity contribution in [2.45, 2.75) is 21.1 Å². The normalized spacial score (nSPS) is 11.2. The Kier molecular flexibility index (Phi) is 5.33. The van der Waals surface area contributed by atoms with Gasteiger partial charge < -0.3 is 9.84 Å². The number of benzene rings is 2. The van der Waals surface area contributed by atoms with Gasteiger partial charge in [0.25, 0.3) is 0 Å². The van der Waals surface area contributed by atoms with E-state index in [1.54, 1.807) is 37.4 Å². The molecule has 0 amide bonds. The first-order chi connectivity index (χ1) is 10.8. The molecule has 23 heavy (non-hydrogen) atoms. The molecule has 7 heteroatoms. The molecule has 5 nitrogen and oxygen atoms in total. The van der Waals surface area contributed by atoms with Crippen molar-refractivity contribution in [1.82, 2.24) is 0 Å². The van der Waals surface area contributed by atoms with Gasteiger partial charge in [0.05, 0.1) is 18.4 Å². The van der Waals surface area contributed by atoms with Crippen molar-refractivity contribution in [3.05, 3.63) is 48.0 Å². The van der Waals surface area contributed by atoms with Gasteiger partial charge in [0.15, 0.2) is 9.84 Å². The molecule has 0 unspecified atom stereocenters. The van der Waals surface area contributed by atoms with E-state index in [-0.39, 0.29) is 11.3 Å². The number of sulfone groups is 1. The van der Waals surface area contributed by atoms with Crippen LogP contribution in [0.5, 0.6) is 5.75 Å². The number of aliphatic carboxylic acids is 1. The highest BCUT2D eigenvalue weighted by molar-refractivity contribution is 7.99. The van der Waals surface area contributed by atoms with E-state index in [2.05, 4.69) is 0 Å². The average molecular weight is 352 g/mol. The second kappa shape index (κ2) is 7.06. The van der Waals surface area contributed by atoms with Gasteiger partial charge in [-0.2, -0.15) is 0 Å². The second-order valence-corrected chi connectivity index (χ2v) is 8.02. The first-order valence-electron chi connectivity index (χ1n) is 6.66. The first kappa shape index (κ1) is 17.4. The van der Waals surface area contributed by atoms with Crippen LogP contribution in [-0.2, 0) is 21.1 Å². The molecule has 0 aromatic heterocycles. The molecule has 122 valence electrons. The van der Waals surface area contributed by atoms with Crippen molar-refractivity contribution in [1.29, 1.82) is 0 Å². The SMILES string of the molecule is COc1ccc(CC(=O)O)c(Sc2ccc(S(C)(=O)=O)cc2)c1. The molecule has 0 aliphatic heterocycles. The first-order valence-corrected chi connectivity index (χ1v) is 9.37. The Labute approximate surface area is 139 Å². The Balaban J connectivity index is 2.32. The van der Waals surface area contributed by atoms with Crippen LogP contribution in [0.1, 0.15) is 5.56 Å². The number of carboxylic acids is 1. The molecule has 0 saturated carbocycles. The Morgan fingerprint density at radius 3 is 2.35 bits per heavy atom. The summed E-state index contributed by atoms with van der Waals surface area (Å²) in [7, 11) is -1.69. The third kappa shape index (κ3) is 4.74. The Bertz CT molecular complexity index is 811. The lowest BCUT2D eigenvalue weighted by atomic mass is 10.1. The Morgan fingerprint density at radius 1 is 1.17 bits per heavy atom. The summed E-state index contributed by atoms with van der Waals surface area (Å²) in [4.78, 5) is 12.8. The van der Waals surface area contributed by atoms with E-state index in [4.69, 9.17) is 9.84 Å². The zero-order chi connectivity index (χ0) is 17.0. The van der Waals surface area contributed by atoms with Gasteiger partial charge in [-0.15, -0.1) is 0 Å². The standard InChI is InChI=1S/C16H16O5S2/c1-21-12-4-3-11(9-16(17)18)15(10-12)22-13-5-7-14(8-6-13)23(2,19)20/h3-8,10H,9H2,1-2H3,(H,17,18). The molecule has 0 aliphatic carbocycles. The summed E-state index contributed by atoms with van der Waals surface area (Å²) in [5.74, 6) is -0.279. The van der Waals surface area contributed by atoms with Crippen LogP contribution in [0.2, 0.25) is 0 Å². The maximum Gasteiger partial charge on any atom is 0.307 e. The van der Waals surface area contributed by atoms with Gasteiger partial charge in [0.2, 0.25) is 0 Å². The van der Waals surface area contributed by atoms with E-state index >= 15 is 0 Å². The molecule has 2 aromatic rings. The van der Waals surface area contributed by atoms with Crippen molar-refractivity contribution < 1.29 is 23.1 Å². The Morgan fingerprint density at radius 2 is 1.83 bits per heavy atom. The van der Waals surface area contributed by atoms with E-state index in [1.165, 1.54) is 23.9 Å². The largest absolute Gasteiger partial charge is 0.497 e. The average Bonchev–Trinajstić information content (AvgIpc) is 2.48. The van der Waals surface area contributed by atoms with E-state index in [9.17, 15) is 13.2 Å². The summed E-state index contributed by atoms with van der Waals surface area (Å²) in [5.41, 5.74) is 0.676. The summed E-state index contributed by atoms with van der Waals surface area (Å²) in [6.07, 6.45) is 1.07. The smallest absolute Gasteiger partial charge is 0.307 e. The van der Waals surface area contributed by atoms with Gasteiger partial charge in [0.1, 0.15) is 5.75 Å². The summed E-state index contributed by atoms with van der Waals surface area (Å²) >= 11 is 1.37. The summed E-state index contributed by atoms with van der Waals surface area (Å²) in [6.45, 7) is 0. The highest BCUT2D eigenvalue weighted by Crippen LogP contribution is 2.34. The van der Waals surface area contributed by atoms with E-state index in [0.29, 0.717) is 11.3 Å². The molecule has 2 aromatic carbocycles. The van der Waals surface area contributed by atoms with E-state index in [1.807, 2.05) is 0 Å². The number of methoxy groups -OCH3 is 1. The minimum absolute atomic E-state index is 0.0895. The van der Waals surface area contributed by atoms with Gasteiger partial charge >= 0.3 is 5.97 Å². The summed E-state index contributed by atoms with van der Waals surface area (Å²) < 4.78 is 28.1. The lowest BCUT2D eigenvalue weighted by Gasteiger charge is -2.10. The minimum Gasteiger partial charge on any atom is -0.497 e. The van der Waals surface area contributed by atoms with Crippen LogP contribution in [0.25, 0.3) is 0 Å². The molecule has 0 spiro atoms. The third-order valence-corrected chi connectivity index (χ3v) is 5.33. The topological polar surface area (TPSA) is 80.7 Å². The lowest BCUT2D eigenvalue weighted by molar-refractivity contribution is -0.136. The number of ether oxygens (including phenoxy) is 1. The molecule has 0 aliphatic rings. The number of carboxylic acid groups (broad SMARTS) is 1. The maximum atomic E-state index is 11.5. The zero-order valence-corrected chi connectivity index (χ0v) is 14.3. The molecule has 1 N–H and O–H groups in total. The predicted molar refractivity (Wildman–Crippen MR) is 88.0 cm³/mol. The second-order valence-electron chi connectivity index (χ2n) is 4.89. The van der Waals surface area contributed by atoms with Crippen LogP contribution in [0.4, 0.5) is 0 Å². The van der Waals surface area contributed by atoms with Crippen LogP contribution in [-0.4, -0.2) is 32.9 Å². The third-order valence-electron chi connectivity index (χ3n) is 3.10. The number of carbonyl (C=O) groups is 1. The molecule has 0 atom stereocenters. The summed E-state index contributed by atoms with van der Waals surface area (Å²) in [5, 5.41) is 9.00. The van der Waals surface area contributed by atoms with Crippen LogP contribution in [0.15, 0.2) is 57.2 Å². The number of hydrogen-bond acceptors (Lipinski definition) is 5. The zero-order valence-electron chi connectivity index (χ0n) is 12.6. The molecule has 2 rings (SSSR count). The van der Waals surface area contributed by atoms with Crippen LogP contribution in [0.3, 0.4) is 0 Å².